The number of nitrogens with zero attached hydrogens (tertiary/aromatic N) is 4. The fraction of sp³-hybridized carbons (Fsp3) is 0.320. The number of amides is 1. The summed E-state index contributed by atoms with van der Waals surface area (Å²) in [5.41, 5.74) is 0.118. The number of fused-ring (bicyclic) bond motifs is 2. The van der Waals surface area contributed by atoms with E-state index in [4.69, 9.17) is 0 Å². The van der Waals surface area contributed by atoms with Crippen LogP contribution in [0.2, 0.25) is 0 Å². The lowest BCUT2D eigenvalue weighted by Crippen LogP contribution is -2.39. The standard InChI is InChI=1S/C25H27N5O3S/c1-14(2)13-30-21-20(24(32)29(5)25(30)33)23(27-16(4)26-21)34-15(3)22(31)28-19-11-10-17-8-6-7-9-18(17)12-19/h6-12,14-15H,13H2,1-5H3,(H,28,31). The molecule has 0 saturated carbocycles. The van der Waals surface area contributed by atoms with Crippen molar-refractivity contribution < 1.29 is 4.79 Å². The molecule has 2 aromatic carbocycles. The van der Waals surface area contributed by atoms with Crippen molar-refractivity contribution in [3.63, 3.8) is 0 Å². The highest BCUT2D eigenvalue weighted by atomic mass is 32.2. The first-order valence-electron chi connectivity index (χ1n) is 11.1. The first kappa shape index (κ1) is 23.7. The lowest BCUT2D eigenvalue weighted by molar-refractivity contribution is -0.115. The van der Waals surface area contributed by atoms with E-state index in [-0.39, 0.29) is 17.2 Å². The van der Waals surface area contributed by atoms with Crippen LogP contribution in [0.15, 0.2) is 57.1 Å². The summed E-state index contributed by atoms with van der Waals surface area (Å²) in [6, 6.07) is 13.7. The number of nitrogens with one attached hydrogen (secondary N) is 1. The lowest BCUT2D eigenvalue weighted by Gasteiger charge is -2.17. The number of carbonyl (C=O) groups is 1. The molecular formula is C25H27N5O3S. The maximum Gasteiger partial charge on any atom is 0.332 e. The van der Waals surface area contributed by atoms with Gasteiger partial charge in [0.1, 0.15) is 16.2 Å². The second-order valence-corrected chi connectivity index (χ2v) is 10.1. The lowest BCUT2D eigenvalue weighted by atomic mass is 10.1. The molecule has 8 nitrogen and oxygen atoms in total. The van der Waals surface area contributed by atoms with Gasteiger partial charge in [0.05, 0.1) is 5.25 Å². The predicted molar refractivity (Wildman–Crippen MR) is 137 cm³/mol. The Morgan fingerprint density at radius 1 is 1.06 bits per heavy atom. The van der Waals surface area contributed by atoms with Gasteiger partial charge in [-0.15, -0.1) is 0 Å². The Labute approximate surface area is 201 Å². The smallest absolute Gasteiger partial charge is 0.325 e. The summed E-state index contributed by atoms with van der Waals surface area (Å²) in [6.07, 6.45) is 0. The van der Waals surface area contributed by atoms with E-state index in [1.807, 2.05) is 56.3 Å². The van der Waals surface area contributed by atoms with Crippen LogP contribution in [-0.2, 0) is 18.4 Å². The van der Waals surface area contributed by atoms with Crippen LogP contribution < -0.4 is 16.6 Å². The molecular weight excluding hydrogens is 450 g/mol. The molecule has 0 saturated heterocycles. The van der Waals surface area contributed by atoms with Gasteiger partial charge in [-0.25, -0.2) is 14.8 Å². The fourth-order valence-corrected chi connectivity index (χ4v) is 4.77. The molecule has 1 unspecified atom stereocenters. The zero-order valence-corrected chi connectivity index (χ0v) is 20.6. The van der Waals surface area contributed by atoms with Crippen LogP contribution >= 0.6 is 11.8 Å². The minimum absolute atomic E-state index is 0.177. The van der Waals surface area contributed by atoms with Crippen LogP contribution in [0.3, 0.4) is 0 Å². The Balaban J connectivity index is 1.69. The van der Waals surface area contributed by atoms with Crippen molar-refractivity contribution in [3.05, 3.63) is 69.1 Å². The zero-order chi connectivity index (χ0) is 24.6. The third-order valence-corrected chi connectivity index (χ3v) is 6.57. The Morgan fingerprint density at radius 3 is 2.47 bits per heavy atom. The molecule has 4 rings (SSSR count). The van der Waals surface area contributed by atoms with Gasteiger partial charge in [0, 0.05) is 19.3 Å². The average molecular weight is 478 g/mol. The van der Waals surface area contributed by atoms with Crippen molar-refractivity contribution in [2.24, 2.45) is 13.0 Å². The van der Waals surface area contributed by atoms with Gasteiger partial charge in [0.2, 0.25) is 5.91 Å². The second-order valence-electron chi connectivity index (χ2n) is 8.74. The summed E-state index contributed by atoms with van der Waals surface area (Å²) >= 11 is 1.18. The van der Waals surface area contributed by atoms with E-state index in [1.165, 1.54) is 23.4 Å². The Morgan fingerprint density at radius 2 is 1.76 bits per heavy atom. The van der Waals surface area contributed by atoms with E-state index in [0.29, 0.717) is 28.7 Å². The first-order valence-corrected chi connectivity index (χ1v) is 12.0. The molecule has 0 aliphatic heterocycles. The summed E-state index contributed by atoms with van der Waals surface area (Å²) in [4.78, 5) is 47.7. The number of anilines is 1. The van der Waals surface area contributed by atoms with E-state index in [0.717, 1.165) is 15.3 Å². The molecule has 0 aliphatic carbocycles. The molecule has 0 bridgehead atoms. The van der Waals surface area contributed by atoms with Crippen LogP contribution in [0.5, 0.6) is 0 Å². The van der Waals surface area contributed by atoms with Crippen molar-refractivity contribution in [1.29, 1.82) is 0 Å². The molecule has 0 aliphatic rings. The number of hydrogen-bond acceptors (Lipinski definition) is 6. The number of thioether (sulfide) groups is 1. The van der Waals surface area contributed by atoms with E-state index in [1.54, 1.807) is 13.8 Å². The summed E-state index contributed by atoms with van der Waals surface area (Å²) in [5, 5.41) is 5.17. The SMILES string of the molecule is Cc1nc(SC(C)C(=O)Nc2ccc3ccccc3c2)c2c(=O)n(C)c(=O)n(CC(C)C)c2n1. The van der Waals surface area contributed by atoms with E-state index >= 15 is 0 Å². The van der Waals surface area contributed by atoms with E-state index < -0.39 is 16.5 Å². The van der Waals surface area contributed by atoms with Gasteiger partial charge in [0.15, 0.2) is 5.65 Å². The molecule has 34 heavy (non-hydrogen) atoms. The molecule has 4 aromatic rings. The maximum atomic E-state index is 13.0. The first-order chi connectivity index (χ1) is 16.2. The average Bonchev–Trinajstić information content (AvgIpc) is 2.79. The number of aryl methyl sites for hydroxylation is 1. The molecule has 0 fully saturated rings. The zero-order valence-electron chi connectivity index (χ0n) is 19.8. The molecule has 2 heterocycles. The van der Waals surface area contributed by atoms with Gasteiger partial charge in [-0.05, 0) is 42.7 Å². The third-order valence-electron chi connectivity index (χ3n) is 5.48. The van der Waals surface area contributed by atoms with Gasteiger partial charge in [-0.2, -0.15) is 0 Å². The highest BCUT2D eigenvalue weighted by molar-refractivity contribution is 8.00. The number of rotatable bonds is 6. The van der Waals surface area contributed by atoms with Gasteiger partial charge < -0.3 is 5.32 Å². The molecule has 1 amide bonds. The molecule has 0 radical (unpaired) electrons. The Hall–Kier alpha value is -3.46. The summed E-state index contributed by atoms with van der Waals surface area (Å²) < 4.78 is 2.59. The highest BCUT2D eigenvalue weighted by Crippen LogP contribution is 2.28. The van der Waals surface area contributed by atoms with Crippen LogP contribution in [0.1, 0.15) is 26.6 Å². The minimum atomic E-state index is -0.542. The van der Waals surface area contributed by atoms with Crippen LogP contribution in [0, 0.1) is 12.8 Å². The highest BCUT2D eigenvalue weighted by Gasteiger charge is 2.22. The molecule has 9 heteroatoms. The van der Waals surface area contributed by atoms with Crippen LogP contribution in [0.4, 0.5) is 5.69 Å². The number of carbonyl (C=O) groups excluding carboxylic acids is 1. The van der Waals surface area contributed by atoms with Gasteiger partial charge in [0.25, 0.3) is 5.56 Å². The minimum Gasteiger partial charge on any atom is -0.325 e. The van der Waals surface area contributed by atoms with E-state index in [9.17, 15) is 14.4 Å². The van der Waals surface area contributed by atoms with Crippen LogP contribution in [0.25, 0.3) is 21.8 Å². The number of benzene rings is 2. The Kier molecular flexibility index (Phi) is 6.56. The second kappa shape index (κ2) is 9.42. The summed E-state index contributed by atoms with van der Waals surface area (Å²) in [7, 11) is 1.45. The molecule has 2 aromatic heterocycles. The van der Waals surface area contributed by atoms with Gasteiger partial charge in [-0.3, -0.25) is 18.7 Å². The largest absolute Gasteiger partial charge is 0.332 e. The quantitative estimate of drug-likeness (QED) is 0.336. The molecule has 0 spiro atoms. The van der Waals surface area contributed by atoms with E-state index in [2.05, 4.69) is 15.3 Å². The third kappa shape index (κ3) is 4.61. The summed E-state index contributed by atoms with van der Waals surface area (Å²) in [6.45, 7) is 7.88. The monoisotopic (exact) mass is 477 g/mol. The number of hydrogen-bond donors (Lipinski definition) is 1. The maximum absolute atomic E-state index is 13.0. The van der Waals surface area contributed by atoms with Crippen molar-refractivity contribution in [1.82, 2.24) is 19.1 Å². The number of aromatic nitrogens is 4. The van der Waals surface area contributed by atoms with Crippen molar-refractivity contribution in [3.8, 4) is 0 Å². The molecule has 1 N–H and O–H groups in total. The van der Waals surface area contributed by atoms with Crippen molar-refractivity contribution in [2.75, 3.05) is 5.32 Å². The normalized spacial score (nSPS) is 12.4. The van der Waals surface area contributed by atoms with Crippen LogP contribution in [-0.4, -0.2) is 30.3 Å². The topological polar surface area (TPSA) is 98.9 Å². The molecule has 176 valence electrons. The Bertz CT molecular complexity index is 1520. The van der Waals surface area contributed by atoms with Crippen molar-refractivity contribution >= 4 is 45.2 Å². The summed E-state index contributed by atoms with van der Waals surface area (Å²) in [5.74, 6) is 0.399. The molecule has 1 atom stereocenters. The predicted octanol–water partition coefficient (Wildman–Crippen LogP) is 3.73. The van der Waals surface area contributed by atoms with Gasteiger partial charge in [-0.1, -0.05) is 55.9 Å². The van der Waals surface area contributed by atoms with Gasteiger partial charge >= 0.3 is 5.69 Å². The van der Waals surface area contributed by atoms with Crippen molar-refractivity contribution in [2.45, 2.75) is 44.5 Å². The fourth-order valence-electron chi connectivity index (χ4n) is 3.79.